The van der Waals surface area contributed by atoms with E-state index in [0.29, 0.717) is 6.42 Å². The van der Waals surface area contributed by atoms with Crippen molar-refractivity contribution < 1.29 is 9.90 Å². The summed E-state index contributed by atoms with van der Waals surface area (Å²) in [5, 5.41) is 10.6. The molecule has 1 amide bonds. The van der Waals surface area contributed by atoms with Crippen LogP contribution in [-0.2, 0) is 11.8 Å². The van der Waals surface area contributed by atoms with Gasteiger partial charge in [-0.15, -0.1) is 0 Å². The van der Waals surface area contributed by atoms with Crippen LogP contribution in [0, 0.1) is 0 Å². The van der Waals surface area contributed by atoms with E-state index in [4.69, 9.17) is 0 Å². The highest BCUT2D eigenvalue weighted by molar-refractivity contribution is 5.78. The van der Waals surface area contributed by atoms with Crippen molar-refractivity contribution in [1.29, 1.82) is 0 Å². The SMILES string of the molecule is Cn1cccc1C1CCCCCN1C(=O)CC1(O)CCCC1. The first-order valence-electron chi connectivity index (χ1n) is 8.72. The lowest BCUT2D eigenvalue weighted by molar-refractivity contribution is -0.138. The first-order valence-corrected chi connectivity index (χ1v) is 8.72. The third-order valence-electron chi connectivity index (χ3n) is 5.41. The Balaban J connectivity index is 1.78. The van der Waals surface area contributed by atoms with Gasteiger partial charge in [-0.1, -0.05) is 25.7 Å². The smallest absolute Gasteiger partial charge is 0.226 e. The number of carbonyl (C=O) groups is 1. The highest BCUT2D eigenvalue weighted by atomic mass is 16.3. The minimum atomic E-state index is -0.748. The van der Waals surface area contributed by atoms with E-state index in [1.807, 2.05) is 24.2 Å². The molecule has 1 unspecified atom stereocenters. The van der Waals surface area contributed by atoms with Gasteiger partial charge in [-0.05, 0) is 37.8 Å². The van der Waals surface area contributed by atoms with Crippen molar-refractivity contribution in [2.45, 2.75) is 69.4 Å². The van der Waals surface area contributed by atoms with Gasteiger partial charge in [0, 0.05) is 25.5 Å². The summed E-state index contributed by atoms with van der Waals surface area (Å²) in [4.78, 5) is 14.9. The van der Waals surface area contributed by atoms with Crippen molar-refractivity contribution in [3.63, 3.8) is 0 Å². The topological polar surface area (TPSA) is 45.5 Å². The molecular formula is C18H28N2O2. The molecule has 122 valence electrons. The molecule has 2 heterocycles. The molecular weight excluding hydrogens is 276 g/mol. The molecule has 1 aromatic heterocycles. The van der Waals surface area contributed by atoms with Gasteiger partial charge < -0.3 is 14.6 Å². The number of nitrogens with zero attached hydrogens (tertiary/aromatic N) is 2. The molecule has 3 rings (SSSR count). The molecule has 4 nitrogen and oxygen atoms in total. The zero-order chi connectivity index (χ0) is 15.6. The third-order valence-corrected chi connectivity index (χ3v) is 5.41. The fourth-order valence-corrected chi connectivity index (χ4v) is 4.13. The van der Waals surface area contributed by atoms with E-state index in [1.54, 1.807) is 0 Å². The molecule has 1 saturated heterocycles. The van der Waals surface area contributed by atoms with Gasteiger partial charge >= 0.3 is 0 Å². The average Bonchev–Trinajstić information content (AvgIpc) is 3.00. The summed E-state index contributed by atoms with van der Waals surface area (Å²) in [6.45, 7) is 0.824. The quantitative estimate of drug-likeness (QED) is 0.932. The number of hydrogen-bond donors (Lipinski definition) is 1. The fourth-order valence-electron chi connectivity index (χ4n) is 4.13. The van der Waals surface area contributed by atoms with E-state index < -0.39 is 5.60 Å². The van der Waals surface area contributed by atoms with Crippen LogP contribution >= 0.6 is 0 Å². The van der Waals surface area contributed by atoms with Crippen LogP contribution in [0.2, 0.25) is 0 Å². The Kier molecular flexibility index (Phi) is 4.57. The molecule has 0 aromatic carbocycles. The fraction of sp³-hybridized carbons (Fsp3) is 0.722. The highest BCUT2D eigenvalue weighted by Gasteiger charge is 2.37. The maximum Gasteiger partial charge on any atom is 0.226 e. The molecule has 1 aliphatic heterocycles. The molecule has 0 spiro atoms. The van der Waals surface area contributed by atoms with Crippen molar-refractivity contribution in [2.75, 3.05) is 6.54 Å². The molecule has 1 saturated carbocycles. The van der Waals surface area contributed by atoms with Gasteiger partial charge in [-0.3, -0.25) is 4.79 Å². The molecule has 0 bridgehead atoms. The number of rotatable bonds is 3. The molecule has 22 heavy (non-hydrogen) atoms. The predicted molar refractivity (Wildman–Crippen MR) is 86.4 cm³/mol. The minimum absolute atomic E-state index is 0.137. The maximum absolute atomic E-state index is 12.9. The van der Waals surface area contributed by atoms with Crippen LogP contribution in [0.1, 0.15) is 69.5 Å². The van der Waals surface area contributed by atoms with Crippen molar-refractivity contribution in [3.05, 3.63) is 24.0 Å². The van der Waals surface area contributed by atoms with Gasteiger partial charge in [0.1, 0.15) is 0 Å². The van der Waals surface area contributed by atoms with Crippen molar-refractivity contribution in [1.82, 2.24) is 9.47 Å². The monoisotopic (exact) mass is 304 g/mol. The Hall–Kier alpha value is -1.29. The first kappa shape index (κ1) is 15.6. The summed E-state index contributed by atoms with van der Waals surface area (Å²) in [6.07, 6.45) is 10.5. The third kappa shape index (κ3) is 3.22. The summed E-state index contributed by atoms with van der Waals surface area (Å²) < 4.78 is 2.13. The van der Waals surface area contributed by atoms with Gasteiger partial charge in [0.05, 0.1) is 18.1 Å². The Labute approximate surface area is 133 Å². The second-order valence-electron chi connectivity index (χ2n) is 7.10. The van der Waals surface area contributed by atoms with Crippen LogP contribution < -0.4 is 0 Å². The lowest BCUT2D eigenvalue weighted by atomic mass is 9.96. The number of aromatic nitrogens is 1. The summed E-state index contributed by atoms with van der Waals surface area (Å²) in [7, 11) is 2.05. The van der Waals surface area contributed by atoms with E-state index in [-0.39, 0.29) is 11.9 Å². The highest BCUT2D eigenvalue weighted by Crippen LogP contribution is 2.36. The first-order chi connectivity index (χ1) is 10.6. The second kappa shape index (κ2) is 6.45. The molecule has 1 N–H and O–H groups in total. The maximum atomic E-state index is 12.9. The Morgan fingerprint density at radius 3 is 2.73 bits per heavy atom. The van der Waals surface area contributed by atoms with Crippen LogP contribution in [0.3, 0.4) is 0 Å². The number of aryl methyl sites for hydroxylation is 1. The van der Waals surface area contributed by atoms with Gasteiger partial charge in [-0.25, -0.2) is 0 Å². The van der Waals surface area contributed by atoms with Crippen LogP contribution in [-0.4, -0.2) is 32.6 Å². The van der Waals surface area contributed by atoms with Crippen molar-refractivity contribution in [3.8, 4) is 0 Å². The van der Waals surface area contributed by atoms with Gasteiger partial charge in [0.15, 0.2) is 0 Å². The van der Waals surface area contributed by atoms with Crippen molar-refractivity contribution in [2.24, 2.45) is 7.05 Å². The number of aliphatic hydroxyl groups is 1. The van der Waals surface area contributed by atoms with E-state index >= 15 is 0 Å². The van der Waals surface area contributed by atoms with Crippen LogP contribution in [0.4, 0.5) is 0 Å². The standard InChI is InChI=1S/C18H28N2O2/c1-19-12-7-9-15(19)16-8-3-2-6-13-20(16)17(21)14-18(22)10-4-5-11-18/h7,9,12,16,22H,2-6,8,10-11,13-14H2,1H3. The molecule has 2 aliphatic rings. The van der Waals surface area contributed by atoms with Crippen LogP contribution in [0.15, 0.2) is 18.3 Å². The van der Waals surface area contributed by atoms with Crippen molar-refractivity contribution >= 4 is 5.91 Å². The molecule has 2 fully saturated rings. The number of likely N-dealkylation sites (tertiary alicyclic amines) is 1. The van der Waals surface area contributed by atoms with Crippen LogP contribution in [0.25, 0.3) is 0 Å². The summed E-state index contributed by atoms with van der Waals surface area (Å²) in [6, 6.07) is 4.34. The lowest BCUT2D eigenvalue weighted by Gasteiger charge is -2.33. The minimum Gasteiger partial charge on any atom is -0.389 e. The van der Waals surface area contributed by atoms with E-state index in [9.17, 15) is 9.90 Å². The van der Waals surface area contributed by atoms with E-state index in [1.165, 1.54) is 18.5 Å². The van der Waals surface area contributed by atoms with Gasteiger partial charge in [-0.2, -0.15) is 0 Å². The second-order valence-corrected chi connectivity index (χ2v) is 7.10. The Bertz CT molecular complexity index is 517. The predicted octanol–water partition coefficient (Wildman–Crippen LogP) is 3.16. The largest absolute Gasteiger partial charge is 0.389 e. The zero-order valence-electron chi connectivity index (χ0n) is 13.6. The average molecular weight is 304 g/mol. The number of hydrogen-bond acceptors (Lipinski definition) is 2. The molecule has 1 aromatic rings. The van der Waals surface area contributed by atoms with Gasteiger partial charge in [0.2, 0.25) is 5.91 Å². The normalized spacial score (nSPS) is 25.2. The number of carbonyl (C=O) groups excluding carboxylic acids is 1. The molecule has 1 atom stereocenters. The van der Waals surface area contributed by atoms with E-state index in [2.05, 4.69) is 10.6 Å². The van der Waals surface area contributed by atoms with E-state index in [0.717, 1.165) is 45.1 Å². The summed E-state index contributed by atoms with van der Waals surface area (Å²) in [5.74, 6) is 0.137. The zero-order valence-corrected chi connectivity index (χ0v) is 13.6. The van der Waals surface area contributed by atoms with Crippen LogP contribution in [0.5, 0.6) is 0 Å². The summed E-state index contributed by atoms with van der Waals surface area (Å²) >= 11 is 0. The Morgan fingerprint density at radius 1 is 1.27 bits per heavy atom. The molecule has 4 heteroatoms. The molecule has 0 radical (unpaired) electrons. The summed E-state index contributed by atoms with van der Waals surface area (Å²) in [5.41, 5.74) is 0.468. The number of amides is 1. The lowest BCUT2D eigenvalue weighted by Crippen LogP contribution is -2.40. The Morgan fingerprint density at radius 2 is 2.05 bits per heavy atom. The molecule has 1 aliphatic carbocycles. The van der Waals surface area contributed by atoms with Gasteiger partial charge in [0.25, 0.3) is 0 Å².